The maximum Gasteiger partial charge on any atom is 0.143 e. The lowest BCUT2D eigenvalue weighted by atomic mass is 10.2. The maximum atomic E-state index is 6.31. The number of nitrogens with one attached hydrogen (secondary N) is 4. The molecule has 0 unspecified atom stereocenters. The molecule has 6 aromatic rings. The van der Waals surface area contributed by atoms with Crippen LogP contribution in [0, 0.1) is 27.7 Å². The lowest BCUT2D eigenvalue weighted by Gasteiger charge is -2.18. The molecule has 0 aliphatic heterocycles. The van der Waals surface area contributed by atoms with Crippen LogP contribution in [-0.4, -0.2) is 13.2 Å². The summed E-state index contributed by atoms with van der Waals surface area (Å²) in [7, 11) is 0. The molecule has 0 fully saturated rings. The average molecular weight is 635 g/mol. The first-order chi connectivity index (χ1) is 23.4. The monoisotopic (exact) mass is 634 g/mol. The van der Waals surface area contributed by atoms with Gasteiger partial charge in [-0.05, 0) is 113 Å². The molecule has 4 N–H and O–H groups in total. The predicted octanol–water partition coefficient (Wildman–Crippen LogP) is 11.4. The zero-order valence-electron chi connectivity index (χ0n) is 27.9. The van der Waals surface area contributed by atoms with Gasteiger partial charge in [-0.2, -0.15) is 0 Å². The van der Waals surface area contributed by atoms with E-state index in [1.54, 1.807) is 0 Å². The Morgan fingerprint density at radius 1 is 0.333 bits per heavy atom. The molecule has 0 aromatic heterocycles. The van der Waals surface area contributed by atoms with Crippen molar-refractivity contribution < 1.29 is 9.47 Å². The molecule has 0 bridgehead atoms. The summed E-state index contributed by atoms with van der Waals surface area (Å²) < 4.78 is 12.6. The Labute approximate surface area is 283 Å². The van der Waals surface area contributed by atoms with Crippen LogP contribution >= 0.6 is 0 Å². The van der Waals surface area contributed by atoms with Gasteiger partial charge < -0.3 is 30.7 Å². The van der Waals surface area contributed by atoms with Crippen LogP contribution in [0.2, 0.25) is 0 Å². The highest BCUT2D eigenvalue weighted by Gasteiger charge is 2.10. The van der Waals surface area contributed by atoms with Crippen LogP contribution in [0.3, 0.4) is 0 Å². The molecule has 0 heterocycles. The highest BCUT2D eigenvalue weighted by atomic mass is 16.5. The molecule has 0 aliphatic carbocycles. The Kier molecular flexibility index (Phi) is 10.1. The topological polar surface area (TPSA) is 66.6 Å². The third kappa shape index (κ3) is 8.89. The van der Waals surface area contributed by atoms with E-state index in [1.165, 1.54) is 22.3 Å². The summed E-state index contributed by atoms with van der Waals surface area (Å²) in [6, 6.07) is 45.5. The fourth-order valence-corrected chi connectivity index (χ4v) is 5.16. The standard InChI is InChI=1S/C42H42N4O2/c1-29-5-13-33(14-6-29)43-37-21-23-41(39(27-37)45-35-17-9-31(3)10-18-35)47-25-26-48-42-24-22-38(44-34-15-7-30(2)8-16-34)28-40(42)46-36-19-11-32(4)12-20-36/h5-24,27-28,43-46H,25-26H2,1-4H3. The molecule has 0 radical (unpaired) electrons. The fraction of sp³-hybridized carbons (Fsp3) is 0.143. The first kappa shape index (κ1) is 32.1. The highest BCUT2D eigenvalue weighted by molar-refractivity contribution is 5.75. The van der Waals surface area contributed by atoms with Crippen LogP contribution in [0.25, 0.3) is 0 Å². The molecule has 0 saturated heterocycles. The van der Waals surface area contributed by atoms with Crippen molar-refractivity contribution in [3.63, 3.8) is 0 Å². The van der Waals surface area contributed by atoms with Crippen molar-refractivity contribution in [3.8, 4) is 11.5 Å². The molecule has 0 saturated carbocycles. The normalized spacial score (nSPS) is 10.7. The van der Waals surface area contributed by atoms with E-state index < -0.39 is 0 Å². The summed E-state index contributed by atoms with van der Waals surface area (Å²) in [5.41, 5.74) is 12.5. The van der Waals surface area contributed by atoms with Crippen molar-refractivity contribution in [1.82, 2.24) is 0 Å². The first-order valence-corrected chi connectivity index (χ1v) is 16.2. The van der Waals surface area contributed by atoms with Crippen molar-refractivity contribution >= 4 is 45.5 Å². The number of aryl methyl sites for hydroxylation is 4. The first-order valence-electron chi connectivity index (χ1n) is 16.2. The van der Waals surface area contributed by atoms with Gasteiger partial charge in [-0.15, -0.1) is 0 Å². The van der Waals surface area contributed by atoms with Gasteiger partial charge in [0.05, 0.1) is 11.4 Å². The van der Waals surface area contributed by atoms with Gasteiger partial charge in [-0.1, -0.05) is 70.8 Å². The van der Waals surface area contributed by atoms with Crippen LogP contribution in [0.5, 0.6) is 11.5 Å². The average Bonchev–Trinajstić information content (AvgIpc) is 3.09. The second kappa shape index (κ2) is 15.1. The number of rotatable bonds is 13. The minimum atomic E-state index is 0.362. The second-order valence-electron chi connectivity index (χ2n) is 12.1. The van der Waals surface area contributed by atoms with E-state index in [9.17, 15) is 0 Å². The molecule has 242 valence electrons. The zero-order chi connectivity index (χ0) is 33.3. The van der Waals surface area contributed by atoms with Crippen molar-refractivity contribution in [2.45, 2.75) is 27.7 Å². The van der Waals surface area contributed by atoms with E-state index >= 15 is 0 Å². The summed E-state index contributed by atoms with van der Waals surface area (Å²) in [5, 5.41) is 14.1. The summed E-state index contributed by atoms with van der Waals surface area (Å²) in [4.78, 5) is 0. The Morgan fingerprint density at radius 2 is 0.604 bits per heavy atom. The van der Waals surface area contributed by atoms with Gasteiger partial charge in [0, 0.05) is 34.1 Å². The quantitative estimate of drug-likeness (QED) is 0.0948. The van der Waals surface area contributed by atoms with Gasteiger partial charge >= 0.3 is 0 Å². The number of anilines is 8. The van der Waals surface area contributed by atoms with Crippen molar-refractivity contribution in [2.75, 3.05) is 34.5 Å². The van der Waals surface area contributed by atoms with E-state index in [-0.39, 0.29) is 0 Å². The van der Waals surface area contributed by atoms with E-state index in [2.05, 4.69) is 158 Å². The van der Waals surface area contributed by atoms with Crippen LogP contribution in [0.1, 0.15) is 22.3 Å². The molecule has 0 aliphatic rings. The second-order valence-corrected chi connectivity index (χ2v) is 12.1. The zero-order valence-corrected chi connectivity index (χ0v) is 27.9. The van der Waals surface area contributed by atoms with E-state index in [0.717, 1.165) is 57.0 Å². The number of hydrogen-bond donors (Lipinski definition) is 4. The van der Waals surface area contributed by atoms with Crippen molar-refractivity contribution in [1.29, 1.82) is 0 Å². The number of benzene rings is 6. The Hall–Kier alpha value is -5.88. The van der Waals surface area contributed by atoms with Gasteiger partial charge in [0.15, 0.2) is 0 Å². The molecule has 0 spiro atoms. The number of hydrogen-bond acceptors (Lipinski definition) is 6. The van der Waals surface area contributed by atoms with Crippen molar-refractivity contribution in [3.05, 3.63) is 156 Å². The summed E-state index contributed by atoms with van der Waals surface area (Å²) in [5.74, 6) is 1.48. The minimum Gasteiger partial charge on any atom is -0.488 e. The smallest absolute Gasteiger partial charge is 0.143 e. The van der Waals surface area contributed by atoms with E-state index in [1.807, 2.05) is 24.3 Å². The van der Waals surface area contributed by atoms with Gasteiger partial charge in [0.1, 0.15) is 24.7 Å². The molecule has 6 rings (SSSR count). The third-order valence-electron chi connectivity index (χ3n) is 7.90. The van der Waals surface area contributed by atoms with Crippen molar-refractivity contribution in [2.24, 2.45) is 0 Å². The lowest BCUT2D eigenvalue weighted by molar-refractivity contribution is 0.218. The molecule has 0 amide bonds. The minimum absolute atomic E-state index is 0.362. The van der Waals surface area contributed by atoms with Gasteiger partial charge in [-0.3, -0.25) is 0 Å². The molecule has 6 nitrogen and oxygen atoms in total. The van der Waals surface area contributed by atoms with Crippen LogP contribution in [-0.2, 0) is 0 Å². The maximum absolute atomic E-state index is 6.31. The largest absolute Gasteiger partial charge is 0.488 e. The molecule has 6 aromatic carbocycles. The van der Waals surface area contributed by atoms with Gasteiger partial charge in [0.25, 0.3) is 0 Å². The third-order valence-corrected chi connectivity index (χ3v) is 7.90. The summed E-state index contributed by atoms with van der Waals surface area (Å²) in [6.07, 6.45) is 0. The SMILES string of the molecule is Cc1ccc(Nc2ccc(OCCOc3ccc(Nc4ccc(C)cc4)cc3Nc3ccc(C)cc3)c(Nc3ccc(C)cc3)c2)cc1. The van der Waals surface area contributed by atoms with Crippen LogP contribution in [0.15, 0.2) is 133 Å². The van der Waals surface area contributed by atoms with Crippen LogP contribution in [0.4, 0.5) is 45.5 Å². The highest BCUT2D eigenvalue weighted by Crippen LogP contribution is 2.34. The lowest BCUT2D eigenvalue weighted by Crippen LogP contribution is -2.11. The summed E-state index contributed by atoms with van der Waals surface area (Å²) >= 11 is 0. The molecular formula is C42H42N4O2. The molecule has 6 heteroatoms. The van der Waals surface area contributed by atoms with E-state index in [0.29, 0.717) is 13.2 Å². The molecule has 0 atom stereocenters. The van der Waals surface area contributed by atoms with Gasteiger partial charge in [0.2, 0.25) is 0 Å². The van der Waals surface area contributed by atoms with Gasteiger partial charge in [-0.25, -0.2) is 0 Å². The van der Waals surface area contributed by atoms with Crippen LogP contribution < -0.4 is 30.7 Å². The fourth-order valence-electron chi connectivity index (χ4n) is 5.16. The Balaban J connectivity index is 1.16. The Morgan fingerprint density at radius 3 is 0.917 bits per heavy atom. The predicted molar refractivity (Wildman–Crippen MR) is 202 cm³/mol. The molecular weight excluding hydrogens is 592 g/mol. The van der Waals surface area contributed by atoms with E-state index in [4.69, 9.17) is 9.47 Å². The number of ether oxygens (including phenoxy) is 2. The Bertz CT molecular complexity index is 1790. The summed E-state index contributed by atoms with van der Waals surface area (Å²) in [6.45, 7) is 9.06. The molecule has 48 heavy (non-hydrogen) atoms.